The molecule has 2 saturated carbocycles. The van der Waals surface area contributed by atoms with E-state index in [9.17, 15) is 18.0 Å². The highest BCUT2D eigenvalue weighted by atomic mass is 19.4. The van der Waals surface area contributed by atoms with Crippen molar-refractivity contribution in [2.75, 3.05) is 33.8 Å². The van der Waals surface area contributed by atoms with Crippen molar-refractivity contribution in [2.45, 2.75) is 56.2 Å². The summed E-state index contributed by atoms with van der Waals surface area (Å²) in [6, 6.07) is 13.1. The second-order valence-corrected chi connectivity index (χ2v) is 11.2. The number of nitrogens with zero attached hydrogens (tertiary/aromatic N) is 2. The Labute approximate surface area is 223 Å². The zero-order chi connectivity index (χ0) is 26.9. The van der Waals surface area contributed by atoms with Crippen molar-refractivity contribution in [1.82, 2.24) is 9.80 Å². The lowest BCUT2D eigenvalue weighted by Crippen LogP contribution is -2.56. The first-order chi connectivity index (χ1) is 18.2. The standard InChI is InChI=1S/C31H35F3N2O2/c1-35(29(37)15-10-22-8-11-24(12-9-22)31(32,33)34)27-14-13-26-21-36(20-23-6-7-23)17-16-30(26,19-27)25-4-3-5-28(18-25)38-2/h3-5,8-9,11-12,18,23,26-27H,6-7,13-14,16-17,19-21H2,1-2H3/t26-,27+,30+/m1/s1. The quantitative estimate of drug-likeness (QED) is 0.468. The van der Waals surface area contributed by atoms with Gasteiger partial charge in [-0.3, -0.25) is 4.79 Å². The van der Waals surface area contributed by atoms with Gasteiger partial charge in [0.25, 0.3) is 5.91 Å². The highest BCUT2D eigenvalue weighted by Gasteiger charge is 2.49. The van der Waals surface area contributed by atoms with E-state index in [-0.39, 0.29) is 17.4 Å². The molecule has 1 aliphatic heterocycles. The maximum Gasteiger partial charge on any atom is 0.416 e. The lowest BCUT2D eigenvalue weighted by molar-refractivity contribution is -0.137. The van der Waals surface area contributed by atoms with Gasteiger partial charge in [-0.05, 0) is 98.9 Å². The van der Waals surface area contributed by atoms with Crippen LogP contribution in [0.2, 0.25) is 0 Å². The minimum Gasteiger partial charge on any atom is -0.497 e. The number of carbonyl (C=O) groups excluding carboxylic acids is 1. The van der Waals surface area contributed by atoms with Gasteiger partial charge < -0.3 is 14.5 Å². The van der Waals surface area contributed by atoms with Gasteiger partial charge in [-0.2, -0.15) is 13.2 Å². The minimum atomic E-state index is -4.40. The van der Waals surface area contributed by atoms with Crippen LogP contribution in [0.4, 0.5) is 13.2 Å². The molecule has 1 heterocycles. The first kappa shape index (κ1) is 26.6. The van der Waals surface area contributed by atoms with Crippen molar-refractivity contribution in [2.24, 2.45) is 11.8 Å². The average molecular weight is 525 g/mol. The summed E-state index contributed by atoms with van der Waals surface area (Å²) in [7, 11) is 3.49. The summed E-state index contributed by atoms with van der Waals surface area (Å²) in [6.45, 7) is 3.35. The Morgan fingerprint density at radius 3 is 2.58 bits per heavy atom. The number of halogens is 3. The summed E-state index contributed by atoms with van der Waals surface area (Å²) in [5.41, 5.74) is 0.912. The molecule has 0 spiro atoms. The number of benzene rings is 2. The van der Waals surface area contributed by atoms with E-state index in [1.807, 2.05) is 6.07 Å². The normalized spacial score (nSPS) is 25.6. The predicted octanol–water partition coefficient (Wildman–Crippen LogP) is 5.75. The van der Waals surface area contributed by atoms with Gasteiger partial charge in [0, 0.05) is 43.1 Å². The number of ether oxygens (including phenoxy) is 1. The Morgan fingerprint density at radius 1 is 1.13 bits per heavy atom. The lowest BCUT2D eigenvalue weighted by atomic mass is 9.57. The number of fused-ring (bicyclic) bond motifs is 1. The molecule has 5 rings (SSSR count). The predicted molar refractivity (Wildman–Crippen MR) is 141 cm³/mol. The Bertz CT molecular complexity index is 1210. The Balaban J connectivity index is 1.33. The monoisotopic (exact) mass is 524 g/mol. The number of amides is 1. The summed E-state index contributed by atoms with van der Waals surface area (Å²) >= 11 is 0. The summed E-state index contributed by atoms with van der Waals surface area (Å²) < 4.78 is 44.1. The molecule has 3 atom stereocenters. The van der Waals surface area contributed by atoms with Crippen molar-refractivity contribution in [3.8, 4) is 17.6 Å². The molecule has 1 saturated heterocycles. The molecule has 0 unspecified atom stereocenters. The van der Waals surface area contributed by atoms with Gasteiger partial charge in [0.05, 0.1) is 12.7 Å². The number of hydrogen-bond donors (Lipinski definition) is 0. The highest BCUT2D eigenvalue weighted by molar-refractivity contribution is 5.94. The Hall–Kier alpha value is -2.98. The van der Waals surface area contributed by atoms with Gasteiger partial charge in [-0.1, -0.05) is 18.1 Å². The van der Waals surface area contributed by atoms with E-state index in [0.29, 0.717) is 11.5 Å². The van der Waals surface area contributed by atoms with E-state index < -0.39 is 11.7 Å². The van der Waals surface area contributed by atoms with Gasteiger partial charge in [-0.25, -0.2) is 0 Å². The zero-order valence-electron chi connectivity index (χ0n) is 22.1. The first-order valence-corrected chi connectivity index (χ1v) is 13.5. The van der Waals surface area contributed by atoms with E-state index in [1.165, 1.54) is 37.1 Å². The van der Waals surface area contributed by atoms with Crippen molar-refractivity contribution in [3.63, 3.8) is 0 Å². The molecule has 4 nitrogen and oxygen atoms in total. The fourth-order valence-electron chi connectivity index (χ4n) is 6.41. The van der Waals surface area contributed by atoms with Crippen LogP contribution in [0.3, 0.4) is 0 Å². The van der Waals surface area contributed by atoms with Crippen molar-refractivity contribution in [1.29, 1.82) is 0 Å². The molecule has 3 fully saturated rings. The second-order valence-electron chi connectivity index (χ2n) is 11.2. The average Bonchev–Trinajstić information content (AvgIpc) is 3.74. The number of carbonyl (C=O) groups is 1. The first-order valence-electron chi connectivity index (χ1n) is 13.5. The SMILES string of the molecule is COc1cccc([C@@]23CCN(CC4CC4)C[C@H]2CC[C@H](N(C)C(=O)C#Cc2ccc(C(F)(F)F)cc2)C3)c1. The molecule has 38 heavy (non-hydrogen) atoms. The van der Waals surface area contributed by atoms with Crippen LogP contribution < -0.4 is 4.74 Å². The largest absolute Gasteiger partial charge is 0.497 e. The van der Waals surface area contributed by atoms with Gasteiger partial charge in [0.15, 0.2) is 0 Å². The van der Waals surface area contributed by atoms with Crippen molar-refractivity contribution >= 4 is 5.91 Å². The molecular weight excluding hydrogens is 489 g/mol. The lowest BCUT2D eigenvalue weighted by Gasteiger charge is -2.54. The second kappa shape index (κ2) is 10.6. The third-order valence-corrected chi connectivity index (χ3v) is 8.83. The third-order valence-electron chi connectivity index (χ3n) is 8.83. The maximum atomic E-state index is 13.1. The number of alkyl halides is 3. The zero-order valence-corrected chi connectivity index (χ0v) is 22.1. The van der Waals surface area contributed by atoms with Gasteiger partial charge in [0.2, 0.25) is 0 Å². The van der Waals surface area contributed by atoms with E-state index in [0.717, 1.165) is 62.6 Å². The van der Waals surface area contributed by atoms with Crippen LogP contribution in [0.1, 0.15) is 55.2 Å². The molecule has 2 aromatic rings. The number of likely N-dealkylation sites (tertiary alicyclic amines) is 1. The van der Waals surface area contributed by atoms with E-state index in [4.69, 9.17) is 4.74 Å². The van der Waals surface area contributed by atoms with Crippen LogP contribution in [0.5, 0.6) is 5.75 Å². The molecule has 0 bridgehead atoms. The molecule has 2 aromatic carbocycles. The van der Waals surface area contributed by atoms with E-state index in [2.05, 4.69) is 34.9 Å². The minimum absolute atomic E-state index is 0.0348. The van der Waals surface area contributed by atoms with Crippen LogP contribution >= 0.6 is 0 Å². The molecule has 1 amide bonds. The molecule has 0 aromatic heterocycles. The number of hydrogen-bond acceptors (Lipinski definition) is 3. The van der Waals surface area contributed by atoms with E-state index >= 15 is 0 Å². The fourth-order valence-corrected chi connectivity index (χ4v) is 6.41. The Morgan fingerprint density at radius 2 is 1.89 bits per heavy atom. The molecule has 3 aliphatic rings. The van der Waals surface area contributed by atoms with Crippen LogP contribution in [0.15, 0.2) is 48.5 Å². The number of piperidine rings is 1. The summed E-state index contributed by atoms with van der Waals surface area (Å²) in [4.78, 5) is 17.5. The van der Waals surface area contributed by atoms with Gasteiger partial charge in [0.1, 0.15) is 5.75 Å². The summed E-state index contributed by atoms with van der Waals surface area (Å²) in [5.74, 6) is 7.34. The molecule has 0 radical (unpaired) electrons. The summed E-state index contributed by atoms with van der Waals surface area (Å²) in [5, 5.41) is 0. The number of methoxy groups -OCH3 is 1. The maximum absolute atomic E-state index is 13.1. The smallest absolute Gasteiger partial charge is 0.416 e. The molecule has 2 aliphatic carbocycles. The highest BCUT2D eigenvalue weighted by Crippen LogP contribution is 2.51. The van der Waals surface area contributed by atoms with Crippen LogP contribution in [0.25, 0.3) is 0 Å². The molecule has 0 N–H and O–H groups in total. The molecular formula is C31H35F3N2O2. The molecule has 202 valence electrons. The van der Waals surface area contributed by atoms with E-state index in [1.54, 1.807) is 19.1 Å². The third kappa shape index (κ3) is 5.71. The van der Waals surface area contributed by atoms with Gasteiger partial charge in [-0.15, -0.1) is 0 Å². The Kier molecular flexibility index (Phi) is 7.46. The van der Waals surface area contributed by atoms with Crippen LogP contribution in [0, 0.1) is 23.7 Å². The summed E-state index contributed by atoms with van der Waals surface area (Å²) in [6.07, 6.45) is 2.17. The van der Waals surface area contributed by atoms with Crippen molar-refractivity contribution in [3.05, 3.63) is 65.2 Å². The van der Waals surface area contributed by atoms with Gasteiger partial charge >= 0.3 is 6.18 Å². The topological polar surface area (TPSA) is 32.8 Å². The van der Waals surface area contributed by atoms with Crippen LogP contribution in [-0.4, -0.2) is 55.5 Å². The van der Waals surface area contributed by atoms with Crippen LogP contribution in [-0.2, 0) is 16.4 Å². The molecule has 7 heteroatoms. The number of rotatable bonds is 5. The van der Waals surface area contributed by atoms with Crippen molar-refractivity contribution < 1.29 is 22.7 Å². The fraction of sp³-hybridized carbons (Fsp3) is 0.516.